The third-order valence-electron chi connectivity index (χ3n) is 3.87. The summed E-state index contributed by atoms with van der Waals surface area (Å²) < 4.78 is 0. The molecule has 0 bridgehead atoms. The zero-order valence-electron chi connectivity index (χ0n) is 9.32. The molecule has 2 aliphatic rings. The van der Waals surface area contributed by atoms with Crippen LogP contribution in [0.5, 0.6) is 0 Å². The van der Waals surface area contributed by atoms with Gasteiger partial charge in [0, 0.05) is 6.04 Å². The maximum Gasteiger partial charge on any atom is 0.320 e. The number of piperidine rings is 1. The van der Waals surface area contributed by atoms with E-state index in [0.717, 1.165) is 19.4 Å². The maximum absolute atomic E-state index is 11.2. The molecule has 0 aromatic carbocycles. The predicted octanol–water partition coefficient (Wildman–Crippen LogP) is 2.26. The van der Waals surface area contributed by atoms with Gasteiger partial charge in [0.15, 0.2) is 0 Å². The van der Waals surface area contributed by atoms with Gasteiger partial charge >= 0.3 is 5.97 Å². The molecule has 1 atom stereocenters. The minimum atomic E-state index is -0.611. The number of hydrogen-bond donors (Lipinski definition) is 1. The van der Waals surface area contributed by atoms with E-state index < -0.39 is 5.97 Å². The summed E-state index contributed by atoms with van der Waals surface area (Å²) in [5.74, 6) is -0.611. The monoisotopic (exact) mass is 211 g/mol. The zero-order chi connectivity index (χ0) is 10.7. The highest BCUT2D eigenvalue weighted by atomic mass is 16.4. The first-order valence-electron chi connectivity index (χ1n) is 6.27. The molecule has 1 saturated heterocycles. The third kappa shape index (κ3) is 2.51. The van der Waals surface area contributed by atoms with Gasteiger partial charge in [-0.2, -0.15) is 0 Å². The second-order valence-corrected chi connectivity index (χ2v) is 4.88. The molecule has 0 amide bonds. The summed E-state index contributed by atoms with van der Waals surface area (Å²) in [6.45, 7) is 1.00. The van der Waals surface area contributed by atoms with Crippen molar-refractivity contribution in [2.24, 2.45) is 0 Å². The Morgan fingerprint density at radius 2 is 1.67 bits per heavy atom. The second kappa shape index (κ2) is 4.97. The maximum atomic E-state index is 11.2. The Labute approximate surface area is 91.5 Å². The van der Waals surface area contributed by atoms with Crippen LogP contribution in [0.3, 0.4) is 0 Å². The van der Waals surface area contributed by atoms with Crippen LogP contribution < -0.4 is 0 Å². The Bertz CT molecular complexity index is 224. The number of carboxylic acids is 1. The van der Waals surface area contributed by atoms with Gasteiger partial charge in [0.2, 0.25) is 0 Å². The van der Waals surface area contributed by atoms with E-state index in [1.807, 2.05) is 0 Å². The molecule has 0 spiro atoms. The Morgan fingerprint density at radius 1 is 1.00 bits per heavy atom. The van der Waals surface area contributed by atoms with Gasteiger partial charge in [-0.25, -0.2) is 0 Å². The van der Waals surface area contributed by atoms with Crippen molar-refractivity contribution in [1.29, 1.82) is 0 Å². The molecule has 3 nitrogen and oxygen atoms in total. The van der Waals surface area contributed by atoms with Crippen molar-refractivity contribution in [3.63, 3.8) is 0 Å². The smallest absolute Gasteiger partial charge is 0.320 e. The molecule has 0 aromatic rings. The van der Waals surface area contributed by atoms with Crippen LogP contribution in [0.2, 0.25) is 0 Å². The molecule has 1 N–H and O–H groups in total. The quantitative estimate of drug-likeness (QED) is 0.761. The summed E-state index contributed by atoms with van der Waals surface area (Å²) >= 11 is 0. The lowest BCUT2D eigenvalue weighted by Gasteiger charge is -2.40. The molecular weight excluding hydrogens is 190 g/mol. The van der Waals surface area contributed by atoms with Crippen LogP contribution in [0.25, 0.3) is 0 Å². The first-order valence-corrected chi connectivity index (χ1v) is 6.27. The average molecular weight is 211 g/mol. The summed E-state index contributed by atoms with van der Waals surface area (Å²) in [5.41, 5.74) is 0. The van der Waals surface area contributed by atoms with E-state index >= 15 is 0 Å². The van der Waals surface area contributed by atoms with E-state index in [4.69, 9.17) is 0 Å². The fourth-order valence-electron chi connectivity index (χ4n) is 3.07. The number of rotatable bonds is 2. The lowest BCUT2D eigenvalue weighted by atomic mass is 9.90. The Morgan fingerprint density at radius 3 is 2.33 bits per heavy atom. The highest BCUT2D eigenvalue weighted by Crippen LogP contribution is 2.28. The van der Waals surface area contributed by atoms with Crippen LogP contribution in [0.4, 0.5) is 0 Å². The van der Waals surface area contributed by atoms with Crippen molar-refractivity contribution < 1.29 is 9.90 Å². The molecule has 1 saturated carbocycles. The molecule has 0 aromatic heterocycles. The van der Waals surface area contributed by atoms with Crippen molar-refractivity contribution in [2.75, 3.05) is 6.54 Å². The molecule has 86 valence electrons. The summed E-state index contributed by atoms with van der Waals surface area (Å²) in [4.78, 5) is 13.4. The molecule has 15 heavy (non-hydrogen) atoms. The number of nitrogens with zero attached hydrogens (tertiary/aromatic N) is 1. The van der Waals surface area contributed by atoms with Gasteiger partial charge in [0.25, 0.3) is 0 Å². The number of hydrogen-bond acceptors (Lipinski definition) is 2. The molecule has 2 rings (SSSR count). The van der Waals surface area contributed by atoms with Gasteiger partial charge in [-0.05, 0) is 32.2 Å². The van der Waals surface area contributed by atoms with E-state index in [2.05, 4.69) is 4.90 Å². The molecule has 2 fully saturated rings. The molecule has 1 heterocycles. The summed E-state index contributed by atoms with van der Waals surface area (Å²) in [7, 11) is 0. The van der Waals surface area contributed by atoms with E-state index in [-0.39, 0.29) is 6.04 Å². The zero-order valence-corrected chi connectivity index (χ0v) is 9.32. The summed E-state index contributed by atoms with van der Waals surface area (Å²) in [5, 5.41) is 9.20. The van der Waals surface area contributed by atoms with Crippen molar-refractivity contribution in [1.82, 2.24) is 4.90 Å². The van der Waals surface area contributed by atoms with Crippen LogP contribution in [0.1, 0.15) is 51.4 Å². The molecular formula is C12H21NO2. The fraction of sp³-hybridized carbons (Fsp3) is 0.917. The van der Waals surface area contributed by atoms with E-state index in [9.17, 15) is 9.90 Å². The van der Waals surface area contributed by atoms with Gasteiger partial charge < -0.3 is 5.11 Å². The van der Waals surface area contributed by atoms with E-state index in [0.29, 0.717) is 6.04 Å². The van der Waals surface area contributed by atoms with Gasteiger partial charge in [-0.15, -0.1) is 0 Å². The number of carbonyl (C=O) groups is 1. The Balaban J connectivity index is 1.99. The van der Waals surface area contributed by atoms with Crippen molar-refractivity contribution in [3.05, 3.63) is 0 Å². The molecule has 1 unspecified atom stereocenters. The van der Waals surface area contributed by atoms with Gasteiger partial charge in [-0.3, -0.25) is 9.69 Å². The first-order chi connectivity index (χ1) is 7.29. The van der Waals surface area contributed by atoms with E-state index in [1.165, 1.54) is 38.5 Å². The third-order valence-corrected chi connectivity index (χ3v) is 3.87. The molecule has 3 heteroatoms. The van der Waals surface area contributed by atoms with Gasteiger partial charge in [-0.1, -0.05) is 25.7 Å². The number of aliphatic carboxylic acids is 1. The predicted molar refractivity (Wildman–Crippen MR) is 58.9 cm³/mol. The van der Waals surface area contributed by atoms with E-state index in [1.54, 1.807) is 0 Å². The standard InChI is InChI=1S/C12H21NO2/c14-12(15)11-8-4-5-9-13(11)10-6-2-1-3-7-10/h10-11H,1-9H2,(H,14,15). The fourth-order valence-corrected chi connectivity index (χ4v) is 3.07. The largest absolute Gasteiger partial charge is 0.480 e. The van der Waals surface area contributed by atoms with Crippen LogP contribution in [-0.4, -0.2) is 34.6 Å². The van der Waals surface area contributed by atoms with Crippen molar-refractivity contribution >= 4 is 5.97 Å². The second-order valence-electron chi connectivity index (χ2n) is 4.88. The molecule has 0 radical (unpaired) electrons. The summed E-state index contributed by atoms with van der Waals surface area (Å²) in [6.07, 6.45) is 9.45. The summed E-state index contributed by atoms with van der Waals surface area (Å²) in [6, 6.07) is 0.363. The van der Waals surface area contributed by atoms with Crippen molar-refractivity contribution in [2.45, 2.75) is 63.5 Å². The molecule has 1 aliphatic carbocycles. The topological polar surface area (TPSA) is 40.5 Å². The minimum absolute atomic E-state index is 0.193. The lowest BCUT2D eigenvalue weighted by Crippen LogP contribution is -2.50. The lowest BCUT2D eigenvalue weighted by molar-refractivity contribution is -0.146. The Kier molecular flexibility index (Phi) is 3.62. The SMILES string of the molecule is O=C(O)C1CCCCN1C1CCCCC1. The van der Waals surface area contributed by atoms with Crippen LogP contribution in [-0.2, 0) is 4.79 Å². The van der Waals surface area contributed by atoms with Crippen LogP contribution >= 0.6 is 0 Å². The highest BCUT2D eigenvalue weighted by Gasteiger charge is 2.33. The van der Waals surface area contributed by atoms with Crippen LogP contribution in [0, 0.1) is 0 Å². The molecule has 1 aliphatic heterocycles. The average Bonchev–Trinajstić information content (AvgIpc) is 2.30. The van der Waals surface area contributed by atoms with Crippen LogP contribution in [0.15, 0.2) is 0 Å². The number of likely N-dealkylation sites (tertiary alicyclic amines) is 1. The first kappa shape index (κ1) is 10.9. The number of carboxylic acid groups (broad SMARTS) is 1. The minimum Gasteiger partial charge on any atom is -0.480 e. The van der Waals surface area contributed by atoms with Crippen molar-refractivity contribution in [3.8, 4) is 0 Å². The van der Waals surface area contributed by atoms with Gasteiger partial charge in [0.05, 0.1) is 0 Å². The highest BCUT2D eigenvalue weighted by molar-refractivity contribution is 5.73. The normalized spacial score (nSPS) is 30.3. The van der Waals surface area contributed by atoms with Gasteiger partial charge in [0.1, 0.15) is 6.04 Å². The Hall–Kier alpha value is -0.570.